The van der Waals surface area contributed by atoms with Gasteiger partial charge in [0.15, 0.2) is 0 Å². The zero-order valence-electron chi connectivity index (χ0n) is 35.3. The van der Waals surface area contributed by atoms with Gasteiger partial charge in [0.1, 0.15) is 5.71 Å². The van der Waals surface area contributed by atoms with Gasteiger partial charge in [-0.3, -0.25) is 15.8 Å². The number of allylic oxidation sites excluding steroid dienone is 4. The zero-order valence-corrected chi connectivity index (χ0v) is 35.3. The largest absolute Gasteiger partial charge is 0.299 e. The van der Waals surface area contributed by atoms with Crippen LogP contribution in [0.25, 0.3) is 104 Å². The predicted molar refractivity (Wildman–Crippen MR) is 276 cm³/mol. The summed E-state index contributed by atoms with van der Waals surface area (Å²) < 4.78 is 0. The van der Waals surface area contributed by atoms with E-state index in [0.29, 0.717) is 11.4 Å². The quantitative estimate of drug-likeness (QED) is 0.0955. The summed E-state index contributed by atoms with van der Waals surface area (Å²) in [7, 11) is 0. The van der Waals surface area contributed by atoms with Crippen LogP contribution >= 0.6 is 0 Å². The Hall–Kier alpha value is -8.73. The van der Waals surface area contributed by atoms with Crippen molar-refractivity contribution >= 4 is 76.5 Å². The fraction of sp³-hybridized carbons (Fsp3) is 0. The number of nitrogens with one attached hydrogen (secondary N) is 2. The molecule has 1 aromatic heterocycles. The molecule has 0 amide bonds. The first-order valence-electron chi connectivity index (χ1n) is 22.0. The minimum Gasteiger partial charge on any atom is -0.299 e. The van der Waals surface area contributed by atoms with Crippen LogP contribution in [0.15, 0.2) is 236 Å². The average Bonchev–Trinajstić information content (AvgIpc) is 3.37. The number of fused-ring (bicyclic) bond motifs is 5. The van der Waals surface area contributed by atoms with Gasteiger partial charge in [-0.05, 0) is 152 Å². The van der Waals surface area contributed by atoms with E-state index < -0.39 is 0 Å². The highest BCUT2D eigenvalue weighted by Gasteiger charge is 2.20. The van der Waals surface area contributed by atoms with Crippen LogP contribution in [-0.4, -0.2) is 16.4 Å². The molecule has 12 rings (SSSR count). The van der Waals surface area contributed by atoms with Crippen LogP contribution < -0.4 is 5.43 Å². The monoisotopic (exact) mass is 828 g/mol. The highest BCUT2D eigenvalue weighted by molar-refractivity contribution is 6.51. The van der Waals surface area contributed by atoms with Gasteiger partial charge in [0.2, 0.25) is 0 Å². The van der Waals surface area contributed by atoms with Crippen molar-refractivity contribution < 1.29 is 0 Å². The van der Waals surface area contributed by atoms with E-state index in [-0.39, 0.29) is 0 Å². The lowest BCUT2D eigenvalue weighted by Crippen LogP contribution is -2.13. The van der Waals surface area contributed by atoms with Crippen LogP contribution in [0.2, 0.25) is 0 Å². The second-order valence-electron chi connectivity index (χ2n) is 16.7. The van der Waals surface area contributed by atoms with Gasteiger partial charge in [-0.25, -0.2) is 0 Å². The van der Waals surface area contributed by atoms with Crippen molar-refractivity contribution in [1.29, 1.82) is 5.41 Å². The van der Waals surface area contributed by atoms with Crippen molar-refractivity contribution in [3.63, 3.8) is 0 Å². The number of aromatic nitrogens is 1. The van der Waals surface area contributed by atoms with Gasteiger partial charge in [0.25, 0.3) is 0 Å². The highest BCUT2D eigenvalue weighted by Crippen LogP contribution is 2.46. The summed E-state index contributed by atoms with van der Waals surface area (Å²) in [6.45, 7) is 0. The van der Waals surface area contributed by atoms with Crippen LogP contribution in [0.1, 0.15) is 5.56 Å². The van der Waals surface area contributed by atoms with Crippen LogP contribution in [0.5, 0.6) is 0 Å². The lowest BCUT2D eigenvalue weighted by Gasteiger charge is -2.20. The normalized spacial score (nSPS) is 13.3. The first-order valence-corrected chi connectivity index (χ1v) is 22.0. The highest BCUT2D eigenvalue weighted by atomic mass is 15.3. The third-order valence-electron chi connectivity index (χ3n) is 12.8. The fourth-order valence-electron chi connectivity index (χ4n) is 9.66. The van der Waals surface area contributed by atoms with Crippen molar-refractivity contribution in [1.82, 2.24) is 4.98 Å². The number of anilines is 1. The van der Waals surface area contributed by atoms with Crippen molar-refractivity contribution in [3.05, 3.63) is 236 Å². The Bertz CT molecular complexity index is 3800. The van der Waals surface area contributed by atoms with Crippen LogP contribution in [-0.2, 0) is 0 Å². The number of hydrogen-bond acceptors (Lipinski definition) is 4. The summed E-state index contributed by atoms with van der Waals surface area (Å²) in [6.07, 6.45) is 9.65. The molecule has 0 aliphatic heterocycles. The van der Waals surface area contributed by atoms with Gasteiger partial charge in [-0.2, -0.15) is 5.10 Å². The second-order valence-corrected chi connectivity index (χ2v) is 16.7. The van der Waals surface area contributed by atoms with E-state index in [1.54, 1.807) is 6.20 Å². The molecule has 0 saturated carbocycles. The maximum absolute atomic E-state index is 9.13. The number of nitrogens with zero attached hydrogens (tertiary/aromatic N) is 2. The van der Waals surface area contributed by atoms with Gasteiger partial charge in [-0.1, -0.05) is 170 Å². The zero-order chi connectivity index (χ0) is 43.3. The summed E-state index contributed by atoms with van der Waals surface area (Å²) in [5.41, 5.74) is 16.3. The van der Waals surface area contributed by atoms with Gasteiger partial charge in [-0.15, -0.1) is 0 Å². The molecule has 1 aliphatic carbocycles. The molecular formula is C61H40N4. The molecule has 0 unspecified atom stereocenters. The number of rotatable bonds is 7. The standard InChI is InChI=1S/C61H40N4/c62-58-37-45(26-32-59(58)65-64-49-27-23-41(24-28-49)50-30-31-51(48-14-9-33-63-38-48)53-16-6-5-15-52(50)53)44-25-29-56-57(36-44)61(47-22-20-40-11-2-4-13-43(40)35-47)55-18-8-7-17-54(55)60(56)46-21-19-39-10-1-3-12-42(39)34-46/h1-38,62,64H/b62-58?,65-59-. The summed E-state index contributed by atoms with van der Waals surface area (Å²) in [6, 6.07) is 71.7. The Morgan fingerprint density at radius 1 is 0.400 bits per heavy atom. The third kappa shape index (κ3) is 6.85. The number of benzene rings is 10. The Kier molecular flexibility index (Phi) is 9.28. The molecule has 2 N–H and O–H groups in total. The molecule has 0 saturated heterocycles. The second kappa shape index (κ2) is 15.9. The molecule has 11 aromatic rings. The smallest absolute Gasteiger partial charge is 0.108 e. The van der Waals surface area contributed by atoms with E-state index in [1.807, 2.05) is 36.5 Å². The van der Waals surface area contributed by atoms with Crippen LogP contribution in [0.4, 0.5) is 5.69 Å². The number of pyridine rings is 1. The maximum Gasteiger partial charge on any atom is 0.108 e. The fourth-order valence-corrected chi connectivity index (χ4v) is 9.66. The van der Waals surface area contributed by atoms with E-state index in [9.17, 15) is 0 Å². The van der Waals surface area contributed by atoms with E-state index >= 15 is 0 Å². The first kappa shape index (κ1) is 38.0. The molecule has 0 radical (unpaired) electrons. The van der Waals surface area contributed by atoms with Crippen molar-refractivity contribution in [2.45, 2.75) is 0 Å². The van der Waals surface area contributed by atoms with Gasteiger partial charge in [0, 0.05) is 18.0 Å². The average molecular weight is 829 g/mol. The molecular weight excluding hydrogens is 789 g/mol. The summed E-state index contributed by atoms with van der Waals surface area (Å²) in [5, 5.41) is 25.9. The summed E-state index contributed by atoms with van der Waals surface area (Å²) in [4.78, 5) is 4.35. The first-order chi connectivity index (χ1) is 32.1. The number of hydrazone groups is 1. The number of hydrogen-bond donors (Lipinski definition) is 2. The van der Waals surface area contributed by atoms with Gasteiger partial charge < -0.3 is 0 Å². The molecule has 0 spiro atoms. The van der Waals surface area contributed by atoms with E-state index in [2.05, 4.69) is 198 Å². The van der Waals surface area contributed by atoms with E-state index in [4.69, 9.17) is 10.5 Å². The van der Waals surface area contributed by atoms with Gasteiger partial charge >= 0.3 is 0 Å². The lowest BCUT2D eigenvalue weighted by atomic mass is 9.84. The summed E-state index contributed by atoms with van der Waals surface area (Å²) in [5.74, 6) is 0. The molecule has 65 heavy (non-hydrogen) atoms. The maximum atomic E-state index is 9.13. The van der Waals surface area contributed by atoms with Crippen LogP contribution in [0, 0.1) is 5.41 Å². The Morgan fingerprint density at radius 2 is 0.938 bits per heavy atom. The van der Waals surface area contributed by atoms with E-state index in [0.717, 1.165) is 39.1 Å². The Labute approximate surface area is 376 Å². The minimum atomic E-state index is 0.344. The predicted octanol–water partition coefficient (Wildman–Crippen LogP) is 16.0. The van der Waals surface area contributed by atoms with E-state index in [1.165, 1.54) is 76.1 Å². The molecule has 4 nitrogen and oxygen atoms in total. The molecule has 1 aliphatic rings. The molecule has 1 heterocycles. The lowest BCUT2D eigenvalue weighted by molar-refractivity contribution is 1.33. The third-order valence-corrected chi connectivity index (χ3v) is 12.8. The molecule has 4 heteroatoms. The van der Waals surface area contributed by atoms with Crippen LogP contribution in [0.3, 0.4) is 0 Å². The molecule has 304 valence electrons. The molecule has 0 bridgehead atoms. The Balaban J connectivity index is 0.886. The van der Waals surface area contributed by atoms with Gasteiger partial charge in [0.05, 0.1) is 11.4 Å². The summed E-state index contributed by atoms with van der Waals surface area (Å²) >= 11 is 0. The van der Waals surface area contributed by atoms with Crippen molar-refractivity contribution in [2.75, 3.05) is 5.43 Å². The topological polar surface area (TPSA) is 61.1 Å². The molecule has 0 atom stereocenters. The van der Waals surface area contributed by atoms with Crippen molar-refractivity contribution in [2.24, 2.45) is 5.10 Å². The minimum absolute atomic E-state index is 0.344. The van der Waals surface area contributed by atoms with Crippen molar-refractivity contribution in [3.8, 4) is 44.5 Å². The Morgan fingerprint density at radius 3 is 1.55 bits per heavy atom. The molecule has 0 fully saturated rings. The SMILES string of the molecule is N=C1C=C(c2ccc3c(-c4ccc5ccccc5c4)c4ccccc4c(-c4ccc5ccccc5c4)c3c2)C=C/C1=N/Nc1ccc(-c2ccc(-c3cccnc3)c3ccccc23)cc1. The molecule has 10 aromatic carbocycles.